The molecule has 5 heteroatoms. The highest BCUT2D eigenvalue weighted by Crippen LogP contribution is 2.22. The minimum absolute atomic E-state index is 0.364. The summed E-state index contributed by atoms with van der Waals surface area (Å²) in [7, 11) is 0. The van der Waals surface area contributed by atoms with Crippen molar-refractivity contribution >= 4 is 39.1 Å². The standard InChI is InChI=1S/C11H7BrCl2N2/c12-9-6-8(15-16-11(9)14)5-7-3-1-2-4-10(7)13/h1-4,6H,5H2. The third-order valence-corrected chi connectivity index (χ3v) is 3.57. The molecule has 0 saturated heterocycles. The quantitative estimate of drug-likeness (QED) is 0.832. The zero-order chi connectivity index (χ0) is 11.5. The number of halogens is 3. The number of hydrogen-bond donors (Lipinski definition) is 0. The normalized spacial score (nSPS) is 10.4. The van der Waals surface area contributed by atoms with E-state index in [9.17, 15) is 0 Å². The van der Waals surface area contributed by atoms with Crippen LogP contribution in [0.25, 0.3) is 0 Å². The van der Waals surface area contributed by atoms with Crippen LogP contribution in [0.2, 0.25) is 10.2 Å². The molecule has 0 saturated carbocycles. The summed E-state index contributed by atoms with van der Waals surface area (Å²) in [6, 6.07) is 9.51. The van der Waals surface area contributed by atoms with E-state index >= 15 is 0 Å². The summed E-state index contributed by atoms with van der Waals surface area (Å²) in [5.41, 5.74) is 1.84. The molecular formula is C11H7BrCl2N2. The molecule has 0 fully saturated rings. The van der Waals surface area contributed by atoms with Gasteiger partial charge in [0.05, 0.1) is 10.2 Å². The van der Waals surface area contributed by atoms with Crippen molar-refractivity contribution in [2.75, 3.05) is 0 Å². The highest BCUT2D eigenvalue weighted by atomic mass is 79.9. The second-order valence-electron chi connectivity index (χ2n) is 3.24. The van der Waals surface area contributed by atoms with Gasteiger partial charge in [0.25, 0.3) is 0 Å². The van der Waals surface area contributed by atoms with E-state index in [2.05, 4.69) is 26.1 Å². The Morgan fingerprint density at radius 1 is 1.12 bits per heavy atom. The maximum atomic E-state index is 6.06. The number of aromatic nitrogens is 2. The molecule has 0 unspecified atom stereocenters. The largest absolute Gasteiger partial charge is 0.165 e. The van der Waals surface area contributed by atoms with Gasteiger partial charge in [-0.1, -0.05) is 41.4 Å². The van der Waals surface area contributed by atoms with Crippen molar-refractivity contribution in [3.05, 3.63) is 56.2 Å². The van der Waals surface area contributed by atoms with Crippen LogP contribution in [0.15, 0.2) is 34.8 Å². The fourth-order valence-corrected chi connectivity index (χ4v) is 1.95. The van der Waals surface area contributed by atoms with Crippen LogP contribution in [0.5, 0.6) is 0 Å². The monoisotopic (exact) mass is 316 g/mol. The predicted octanol–water partition coefficient (Wildman–Crippen LogP) is 4.14. The van der Waals surface area contributed by atoms with Crippen molar-refractivity contribution in [2.24, 2.45) is 0 Å². The first-order chi connectivity index (χ1) is 7.66. The third-order valence-electron chi connectivity index (χ3n) is 2.09. The minimum atomic E-state index is 0.364. The molecule has 2 rings (SSSR count). The highest BCUT2D eigenvalue weighted by Gasteiger charge is 2.05. The Balaban J connectivity index is 2.28. The van der Waals surface area contributed by atoms with Gasteiger partial charge in [0.15, 0.2) is 5.15 Å². The van der Waals surface area contributed by atoms with E-state index in [1.165, 1.54) is 0 Å². The lowest BCUT2D eigenvalue weighted by Gasteiger charge is -2.03. The van der Waals surface area contributed by atoms with Crippen LogP contribution < -0.4 is 0 Å². The van der Waals surface area contributed by atoms with Gasteiger partial charge < -0.3 is 0 Å². The second kappa shape index (κ2) is 5.13. The summed E-state index contributed by atoms with van der Waals surface area (Å²) in [5, 5.41) is 8.93. The molecular weight excluding hydrogens is 311 g/mol. The summed E-state index contributed by atoms with van der Waals surface area (Å²) in [5.74, 6) is 0. The van der Waals surface area contributed by atoms with E-state index in [1.807, 2.05) is 30.3 Å². The molecule has 1 heterocycles. The van der Waals surface area contributed by atoms with Crippen LogP contribution in [0.3, 0.4) is 0 Å². The van der Waals surface area contributed by atoms with Crippen molar-refractivity contribution < 1.29 is 0 Å². The van der Waals surface area contributed by atoms with Gasteiger partial charge in [0.2, 0.25) is 0 Å². The smallest absolute Gasteiger partial charge is 0.154 e. The van der Waals surface area contributed by atoms with Gasteiger partial charge in [-0.3, -0.25) is 0 Å². The first-order valence-corrected chi connectivity index (χ1v) is 6.12. The lowest BCUT2D eigenvalue weighted by molar-refractivity contribution is 0.931. The molecule has 0 spiro atoms. The lowest BCUT2D eigenvalue weighted by Crippen LogP contribution is -1.96. The molecule has 0 bridgehead atoms. The zero-order valence-electron chi connectivity index (χ0n) is 8.12. The SMILES string of the molecule is Clc1ccccc1Cc1cc(Br)c(Cl)nn1. The minimum Gasteiger partial charge on any atom is -0.154 e. The van der Waals surface area contributed by atoms with Gasteiger partial charge in [-0.25, -0.2) is 0 Å². The van der Waals surface area contributed by atoms with E-state index < -0.39 is 0 Å². The lowest BCUT2D eigenvalue weighted by atomic mass is 10.1. The molecule has 2 nitrogen and oxygen atoms in total. The zero-order valence-corrected chi connectivity index (χ0v) is 11.2. The first-order valence-electron chi connectivity index (χ1n) is 4.58. The van der Waals surface area contributed by atoms with E-state index in [4.69, 9.17) is 23.2 Å². The Morgan fingerprint density at radius 3 is 2.56 bits per heavy atom. The van der Waals surface area contributed by atoms with Crippen LogP contribution in [0.1, 0.15) is 11.3 Å². The summed E-state index contributed by atoms with van der Waals surface area (Å²) >= 11 is 15.1. The molecule has 0 aliphatic heterocycles. The summed E-state index contributed by atoms with van der Waals surface area (Å²) < 4.78 is 0.742. The van der Waals surface area contributed by atoms with Gasteiger partial charge in [0.1, 0.15) is 0 Å². The van der Waals surface area contributed by atoms with Crippen LogP contribution in [-0.4, -0.2) is 10.2 Å². The number of benzene rings is 1. The predicted molar refractivity (Wildman–Crippen MR) is 69.0 cm³/mol. The average molecular weight is 318 g/mol. The van der Waals surface area contributed by atoms with Gasteiger partial charge >= 0.3 is 0 Å². The van der Waals surface area contributed by atoms with Crippen LogP contribution in [0.4, 0.5) is 0 Å². The van der Waals surface area contributed by atoms with Crippen molar-refractivity contribution in [1.82, 2.24) is 10.2 Å². The summed E-state index contributed by atoms with van der Waals surface area (Å²) in [6.45, 7) is 0. The molecule has 0 amide bonds. The maximum Gasteiger partial charge on any atom is 0.165 e. The van der Waals surface area contributed by atoms with Gasteiger partial charge in [-0.15, -0.1) is 5.10 Å². The Kier molecular flexibility index (Phi) is 3.79. The van der Waals surface area contributed by atoms with Gasteiger partial charge in [-0.2, -0.15) is 5.10 Å². The maximum absolute atomic E-state index is 6.06. The molecule has 2 aromatic rings. The van der Waals surface area contributed by atoms with Crippen molar-refractivity contribution in [2.45, 2.75) is 6.42 Å². The van der Waals surface area contributed by atoms with E-state index in [1.54, 1.807) is 0 Å². The van der Waals surface area contributed by atoms with Crippen LogP contribution >= 0.6 is 39.1 Å². The van der Waals surface area contributed by atoms with E-state index in [0.717, 1.165) is 20.8 Å². The van der Waals surface area contributed by atoms with Crippen molar-refractivity contribution in [3.63, 3.8) is 0 Å². The fourth-order valence-electron chi connectivity index (χ4n) is 1.31. The molecule has 1 aromatic heterocycles. The Labute approximate surface area is 112 Å². The summed E-state index contributed by atoms with van der Waals surface area (Å²) in [4.78, 5) is 0. The van der Waals surface area contributed by atoms with Gasteiger partial charge in [-0.05, 0) is 33.6 Å². The molecule has 82 valence electrons. The molecule has 0 aliphatic rings. The van der Waals surface area contributed by atoms with Crippen molar-refractivity contribution in [1.29, 1.82) is 0 Å². The van der Waals surface area contributed by atoms with E-state index in [-0.39, 0.29) is 0 Å². The Bertz CT molecular complexity index is 517. The molecule has 0 N–H and O–H groups in total. The summed E-state index contributed by atoms with van der Waals surface area (Å²) in [6.07, 6.45) is 0.641. The van der Waals surface area contributed by atoms with Crippen LogP contribution in [0, 0.1) is 0 Å². The number of hydrogen-bond acceptors (Lipinski definition) is 2. The topological polar surface area (TPSA) is 25.8 Å². The molecule has 0 atom stereocenters. The van der Waals surface area contributed by atoms with Gasteiger partial charge in [0, 0.05) is 11.4 Å². The number of rotatable bonds is 2. The van der Waals surface area contributed by atoms with Crippen LogP contribution in [-0.2, 0) is 6.42 Å². The third kappa shape index (κ3) is 2.73. The average Bonchev–Trinajstić information content (AvgIpc) is 2.27. The molecule has 16 heavy (non-hydrogen) atoms. The Morgan fingerprint density at radius 2 is 1.88 bits per heavy atom. The Hall–Kier alpha value is -0.640. The molecule has 0 aliphatic carbocycles. The van der Waals surface area contributed by atoms with Crippen molar-refractivity contribution in [3.8, 4) is 0 Å². The fraction of sp³-hybridized carbons (Fsp3) is 0.0909. The molecule has 0 radical (unpaired) electrons. The second-order valence-corrected chi connectivity index (χ2v) is 4.86. The molecule has 1 aromatic carbocycles. The first kappa shape index (κ1) is 11.8. The highest BCUT2D eigenvalue weighted by molar-refractivity contribution is 9.10. The number of nitrogens with zero attached hydrogens (tertiary/aromatic N) is 2. The van der Waals surface area contributed by atoms with E-state index in [0.29, 0.717) is 11.6 Å².